The number of thiophene rings is 1. The first-order valence-electron chi connectivity index (χ1n) is 9.10. The number of sulfonamides is 1. The number of benzene rings is 1. The van der Waals surface area contributed by atoms with Crippen molar-refractivity contribution >= 4 is 33.1 Å². The molecule has 1 fully saturated rings. The highest BCUT2D eigenvalue weighted by molar-refractivity contribution is 7.91. The lowest BCUT2D eigenvalue weighted by Crippen LogP contribution is -2.40. The molecule has 8 heteroatoms. The van der Waals surface area contributed by atoms with Crippen molar-refractivity contribution in [2.24, 2.45) is 5.92 Å². The minimum absolute atomic E-state index is 0.242. The quantitative estimate of drug-likeness (QED) is 0.529. The van der Waals surface area contributed by atoms with E-state index in [-0.39, 0.29) is 31.4 Å². The van der Waals surface area contributed by atoms with Crippen LogP contribution >= 0.6 is 11.3 Å². The van der Waals surface area contributed by atoms with Gasteiger partial charge in [0.25, 0.3) is 10.0 Å². The van der Waals surface area contributed by atoms with Gasteiger partial charge in [-0.25, -0.2) is 8.42 Å². The Morgan fingerprint density at radius 3 is 2.46 bits per heavy atom. The lowest BCUT2D eigenvalue weighted by Gasteiger charge is -2.29. The summed E-state index contributed by atoms with van der Waals surface area (Å²) in [4.78, 5) is 24.5. The smallest absolute Gasteiger partial charge is 0.309 e. The number of rotatable bonds is 6. The van der Waals surface area contributed by atoms with E-state index in [1.807, 2.05) is 19.9 Å². The van der Waals surface area contributed by atoms with Gasteiger partial charge in [0.1, 0.15) is 4.21 Å². The standard InChI is InChI=1S/C20H23NO5S2/c1-14-5-6-17(12-15(14)2)18(22)13-26-20(23)16-7-9-21(10-8-16)28(24,25)19-4-3-11-27-19/h3-6,11-12,16H,7-10,13H2,1-2H3. The van der Waals surface area contributed by atoms with Crippen molar-refractivity contribution < 1.29 is 22.7 Å². The molecule has 0 radical (unpaired) electrons. The maximum Gasteiger partial charge on any atom is 0.309 e. The Labute approximate surface area is 169 Å². The number of ether oxygens (including phenoxy) is 1. The summed E-state index contributed by atoms with van der Waals surface area (Å²) in [5.74, 6) is -1.07. The summed E-state index contributed by atoms with van der Waals surface area (Å²) < 4.78 is 32.0. The molecule has 0 saturated carbocycles. The predicted molar refractivity (Wildman–Crippen MR) is 107 cm³/mol. The van der Waals surface area contributed by atoms with Crippen LogP contribution in [0.15, 0.2) is 39.9 Å². The fourth-order valence-corrected chi connectivity index (χ4v) is 5.74. The van der Waals surface area contributed by atoms with Gasteiger partial charge < -0.3 is 4.74 Å². The summed E-state index contributed by atoms with van der Waals surface area (Å²) in [7, 11) is -3.49. The summed E-state index contributed by atoms with van der Waals surface area (Å²) in [6, 6.07) is 8.67. The van der Waals surface area contributed by atoms with Crippen molar-refractivity contribution in [3.05, 3.63) is 52.4 Å². The molecule has 1 aromatic heterocycles. The van der Waals surface area contributed by atoms with Crippen LogP contribution in [0.4, 0.5) is 0 Å². The van der Waals surface area contributed by atoms with Gasteiger partial charge in [-0.2, -0.15) is 4.31 Å². The van der Waals surface area contributed by atoms with E-state index in [1.165, 1.54) is 15.6 Å². The van der Waals surface area contributed by atoms with E-state index in [1.54, 1.807) is 29.6 Å². The third-order valence-corrected chi connectivity index (χ3v) is 8.32. The lowest BCUT2D eigenvalue weighted by molar-refractivity contribution is -0.148. The first kappa shape index (κ1) is 20.7. The number of ketones is 1. The fourth-order valence-electron chi connectivity index (χ4n) is 3.12. The SMILES string of the molecule is Cc1ccc(C(=O)COC(=O)C2CCN(S(=O)(=O)c3cccs3)CC2)cc1C. The zero-order valence-electron chi connectivity index (χ0n) is 15.9. The van der Waals surface area contributed by atoms with Crippen LogP contribution in [-0.2, 0) is 19.6 Å². The minimum atomic E-state index is -3.49. The molecule has 0 aliphatic carbocycles. The number of Topliss-reactive ketones (excluding diaryl/α,β-unsaturated/α-hetero) is 1. The number of esters is 1. The van der Waals surface area contributed by atoms with E-state index in [0.29, 0.717) is 22.6 Å². The van der Waals surface area contributed by atoms with Gasteiger partial charge in [0.05, 0.1) is 5.92 Å². The second kappa shape index (κ2) is 8.55. The first-order valence-corrected chi connectivity index (χ1v) is 11.4. The number of piperidine rings is 1. The molecule has 1 aliphatic heterocycles. The molecular weight excluding hydrogens is 398 g/mol. The highest BCUT2D eigenvalue weighted by Crippen LogP contribution is 2.26. The topological polar surface area (TPSA) is 80.8 Å². The monoisotopic (exact) mass is 421 g/mol. The summed E-state index contributed by atoms with van der Waals surface area (Å²) in [5, 5.41) is 1.73. The number of carbonyl (C=O) groups is 2. The van der Waals surface area contributed by atoms with Crippen LogP contribution in [0.25, 0.3) is 0 Å². The van der Waals surface area contributed by atoms with E-state index in [2.05, 4.69) is 0 Å². The van der Waals surface area contributed by atoms with Gasteiger partial charge >= 0.3 is 5.97 Å². The van der Waals surface area contributed by atoms with Gasteiger partial charge in [0, 0.05) is 18.7 Å². The molecule has 0 amide bonds. The van der Waals surface area contributed by atoms with Crippen LogP contribution in [0, 0.1) is 19.8 Å². The van der Waals surface area contributed by atoms with Gasteiger partial charge in [-0.15, -0.1) is 11.3 Å². The third kappa shape index (κ3) is 4.51. The number of carbonyl (C=O) groups excluding carboxylic acids is 2. The molecule has 1 aromatic carbocycles. The average Bonchev–Trinajstić information content (AvgIpc) is 3.24. The van der Waals surface area contributed by atoms with Crippen LogP contribution in [0.2, 0.25) is 0 Å². The molecule has 0 unspecified atom stereocenters. The van der Waals surface area contributed by atoms with E-state index < -0.39 is 16.0 Å². The summed E-state index contributed by atoms with van der Waals surface area (Å²) in [6.07, 6.45) is 0.780. The van der Waals surface area contributed by atoms with Gasteiger partial charge in [0.2, 0.25) is 0 Å². The average molecular weight is 422 g/mol. The lowest BCUT2D eigenvalue weighted by atomic mass is 9.98. The highest BCUT2D eigenvalue weighted by atomic mass is 32.2. The molecule has 0 atom stereocenters. The molecule has 1 aliphatic rings. The van der Waals surface area contributed by atoms with Crippen molar-refractivity contribution in [1.29, 1.82) is 0 Å². The maximum atomic E-state index is 12.5. The Morgan fingerprint density at radius 1 is 1.14 bits per heavy atom. The van der Waals surface area contributed by atoms with Crippen LogP contribution in [-0.4, -0.2) is 44.2 Å². The molecule has 2 heterocycles. The first-order chi connectivity index (χ1) is 13.3. The van der Waals surface area contributed by atoms with Crippen LogP contribution in [0.3, 0.4) is 0 Å². The molecule has 3 rings (SSSR count). The van der Waals surface area contributed by atoms with E-state index in [0.717, 1.165) is 11.1 Å². The van der Waals surface area contributed by atoms with Crippen molar-refractivity contribution in [2.75, 3.05) is 19.7 Å². The molecule has 0 spiro atoms. The Morgan fingerprint density at radius 2 is 1.86 bits per heavy atom. The Hall–Kier alpha value is -2.03. The zero-order chi connectivity index (χ0) is 20.3. The molecule has 28 heavy (non-hydrogen) atoms. The third-order valence-electron chi connectivity index (χ3n) is 5.05. The normalized spacial score (nSPS) is 16.1. The van der Waals surface area contributed by atoms with Crippen LogP contribution in [0.1, 0.15) is 34.3 Å². The van der Waals surface area contributed by atoms with Crippen molar-refractivity contribution in [1.82, 2.24) is 4.31 Å². The molecule has 1 saturated heterocycles. The number of hydrogen-bond donors (Lipinski definition) is 0. The highest BCUT2D eigenvalue weighted by Gasteiger charge is 2.33. The molecule has 6 nitrogen and oxygen atoms in total. The second-order valence-corrected chi connectivity index (χ2v) is 10.1. The molecule has 150 valence electrons. The van der Waals surface area contributed by atoms with Gasteiger partial charge in [0.15, 0.2) is 12.4 Å². The van der Waals surface area contributed by atoms with Crippen LogP contribution in [0.5, 0.6) is 0 Å². The molecule has 0 N–H and O–H groups in total. The Balaban J connectivity index is 1.51. The second-order valence-electron chi connectivity index (χ2n) is 6.94. The number of nitrogens with zero attached hydrogens (tertiary/aromatic N) is 1. The van der Waals surface area contributed by atoms with E-state index in [9.17, 15) is 18.0 Å². The molecular formula is C20H23NO5S2. The van der Waals surface area contributed by atoms with Crippen LogP contribution < -0.4 is 0 Å². The van der Waals surface area contributed by atoms with Gasteiger partial charge in [-0.3, -0.25) is 9.59 Å². The largest absolute Gasteiger partial charge is 0.457 e. The van der Waals surface area contributed by atoms with Gasteiger partial charge in [-0.1, -0.05) is 18.2 Å². The number of aryl methyl sites for hydroxylation is 2. The predicted octanol–water partition coefficient (Wildman–Crippen LogP) is 3.19. The van der Waals surface area contributed by atoms with Crippen molar-refractivity contribution in [3.63, 3.8) is 0 Å². The molecule has 0 bridgehead atoms. The summed E-state index contributed by atoms with van der Waals surface area (Å²) >= 11 is 1.18. The Kier molecular flexibility index (Phi) is 6.32. The Bertz CT molecular complexity index is 958. The number of hydrogen-bond acceptors (Lipinski definition) is 6. The van der Waals surface area contributed by atoms with E-state index >= 15 is 0 Å². The van der Waals surface area contributed by atoms with E-state index in [4.69, 9.17) is 4.74 Å². The summed E-state index contributed by atoms with van der Waals surface area (Å²) in [5.41, 5.74) is 2.63. The fraction of sp³-hybridized carbons (Fsp3) is 0.400. The maximum absolute atomic E-state index is 12.5. The van der Waals surface area contributed by atoms with Crippen molar-refractivity contribution in [2.45, 2.75) is 30.9 Å². The molecule has 2 aromatic rings. The summed E-state index contributed by atoms with van der Waals surface area (Å²) in [6.45, 7) is 4.13. The zero-order valence-corrected chi connectivity index (χ0v) is 17.5. The van der Waals surface area contributed by atoms with Gasteiger partial charge in [-0.05, 0) is 55.3 Å². The van der Waals surface area contributed by atoms with Crippen molar-refractivity contribution in [3.8, 4) is 0 Å². The minimum Gasteiger partial charge on any atom is -0.457 e.